The molecule has 1 amide bonds. The molecule has 1 aromatic heterocycles. The second kappa shape index (κ2) is 8.32. The van der Waals surface area contributed by atoms with Crippen LogP contribution in [0.15, 0.2) is 50.9 Å². The van der Waals surface area contributed by atoms with Crippen LogP contribution in [0.2, 0.25) is 5.02 Å². The van der Waals surface area contributed by atoms with E-state index in [1.807, 2.05) is 0 Å². The molecule has 0 aliphatic carbocycles. The van der Waals surface area contributed by atoms with Gasteiger partial charge in [-0.1, -0.05) is 17.7 Å². The van der Waals surface area contributed by atoms with Crippen LogP contribution < -0.4 is 5.32 Å². The molecule has 0 bridgehead atoms. The Morgan fingerprint density at radius 2 is 2.00 bits per heavy atom. The number of aryl methyl sites for hydroxylation is 1. The first-order chi connectivity index (χ1) is 13.8. The number of amides is 1. The van der Waals surface area contributed by atoms with Crippen LogP contribution in [0.3, 0.4) is 0 Å². The van der Waals surface area contributed by atoms with Gasteiger partial charge in [0.05, 0.1) is 16.9 Å². The zero-order chi connectivity index (χ0) is 21.1. The van der Waals surface area contributed by atoms with Crippen LogP contribution in [0, 0.1) is 18.6 Å². The van der Waals surface area contributed by atoms with E-state index in [-0.39, 0.29) is 5.84 Å². The SMILES string of the molecule is C=N/C(=C\N=C(C)NC(=O)c1c(F)cccc1F)c1cc2oc(C)nc2cc1Cl. The maximum absolute atomic E-state index is 13.7. The summed E-state index contributed by atoms with van der Waals surface area (Å²) < 4.78 is 32.9. The van der Waals surface area contributed by atoms with Gasteiger partial charge in [-0.25, -0.2) is 18.8 Å². The fraction of sp³-hybridized carbons (Fsp3) is 0.100. The van der Waals surface area contributed by atoms with Crippen LogP contribution in [-0.2, 0) is 0 Å². The number of hydrogen-bond acceptors (Lipinski definition) is 5. The minimum atomic E-state index is -0.971. The summed E-state index contributed by atoms with van der Waals surface area (Å²) in [5, 5.41) is 2.68. The Kier molecular flexibility index (Phi) is 5.84. The molecular formula is C20H15ClF2N4O2. The summed E-state index contributed by atoms with van der Waals surface area (Å²) in [7, 11) is 0. The second-order valence-electron chi connectivity index (χ2n) is 5.97. The van der Waals surface area contributed by atoms with E-state index >= 15 is 0 Å². The monoisotopic (exact) mass is 416 g/mol. The van der Waals surface area contributed by atoms with Gasteiger partial charge in [-0.2, -0.15) is 0 Å². The highest BCUT2D eigenvalue weighted by Crippen LogP contribution is 2.30. The number of halogens is 3. The third-order valence-electron chi connectivity index (χ3n) is 3.90. The van der Waals surface area contributed by atoms with Crippen molar-refractivity contribution < 1.29 is 18.0 Å². The van der Waals surface area contributed by atoms with Crippen molar-refractivity contribution in [1.29, 1.82) is 0 Å². The number of aromatic nitrogens is 1. The van der Waals surface area contributed by atoms with Crippen molar-refractivity contribution in [2.45, 2.75) is 13.8 Å². The molecule has 0 saturated carbocycles. The van der Waals surface area contributed by atoms with E-state index in [1.54, 1.807) is 19.1 Å². The lowest BCUT2D eigenvalue weighted by Crippen LogP contribution is -2.29. The highest BCUT2D eigenvalue weighted by molar-refractivity contribution is 6.33. The van der Waals surface area contributed by atoms with Gasteiger partial charge in [-0.05, 0) is 37.9 Å². The van der Waals surface area contributed by atoms with E-state index in [1.165, 1.54) is 19.2 Å². The number of hydrogen-bond donors (Lipinski definition) is 1. The summed E-state index contributed by atoms with van der Waals surface area (Å²) in [6.07, 6.45) is 1.32. The molecule has 9 heteroatoms. The summed E-state index contributed by atoms with van der Waals surface area (Å²) in [5.41, 5.74) is 1.21. The van der Waals surface area contributed by atoms with Crippen molar-refractivity contribution in [1.82, 2.24) is 10.3 Å². The van der Waals surface area contributed by atoms with Gasteiger partial charge in [-0.3, -0.25) is 9.79 Å². The summed E-state index contributed by atoms with van der Waals surface area (Å²) in [6.45, 7) is 6.66. The fourth-order valence-electron chi connectivity index (χ4n) is 2.59. The highest BCUT2D eigenvalue weighted by atomic mass is 35.5. The average Bonchev–Trinajstić information content (AvgIpc) is 3.00. The summed E-state index contributed by atoms with van der Waals surface area (Å²) in [5.74, 6) is -2.32. The largest absolute Gasteiger partial charge is 0.441 e. The summed E-state index contributed by atoms with van der Waals surface area (Å²) >= 11 is 6.29. The van der Waals surface area contributed by atoms with E-state index in [0.29, 0.717) is 33.3 Å². The number of benzene rings is 2. The average molecular weight is 417 g/mol. The Morgan fingerprint density at radius 3 is 2.66 bits per heavy atom. The highest BCUT2D eigenvalue weighted by Gasteiger charge is 2.17. The van der Waals surface area contributed by atoms with Gasteiger partial charge < -0.3 is 9.73 Å². The fourth-order valence-corrected chi connectivity index (χ4v) is 2.84. The number of aliphatic imine (C=N–C) groups is 2. The van der Waals surface area contributed by atoms with Crippen LogP contribution in [0.25, 0.3) is 16.8 Å². The van der Waals surface area contributed by atoms with Crippen molar-refractivity contribution >= 4 is 46.9 Å². The molecule has 0 saturated heterocycles. The van der Waals surface area contributed by atoms with E-state index < -0.39 is 23.1 Å². The molecule has 148 valence electrons. The Labute approximate surface area is 169 Å². The predicted octanol–water partition coefficient (Wildman–Crippen LogP) is 4.92. The van der Waals surface area contributed by atoms with Crippen LogP contribution in [0.1, 0.15) is 28.7 Å². The quantitative estimate of drug-likeness (QED) is 0.484. The number of carbonyl (C=O) groups excluding carboxylic acids is 1. The Morgan fingerprint density at radius 1 is 1.31 bits per heavy atom. The first kappa shape index (κ1) is 20.3. The van der Waals surface area contributed by atoms with Gasteiger partial charge in [0, 0.05) is 12.5 Å². The molecule has 0 spiro atoms. The number of oxazole rings is 1. The van der Waals surface area contributed by atoms with E-state index in [9.17, 15) is 13.6 Å². The van der Waals surface area contributed by atoms with Crippen molar-refractivity contribution in [2.24, 2.45) is 9.98 Å². The molecule has 0 unspecified atom stereocenters. The van der Waals surface area contributed by atoms with Crippen LogP contribution in [-0.4, -0.2) is 23.4 Å². The standard InChI is InChI=1S/C20H15ClF2N4O2/c1-10(26-20(28)19-14(22)5-4-6-15(19)23)25-9-17(24-3)12-7-18-16(8-13(12)21)27-11(2)29-18/h4-9H,3H2,1-2H3,(H,25,26,28)/b17-9-. The van der Waals surface area contributed by atoms with Crippen LogP contribution in [0.4, 0.5) is 8.78 Å². The van der Waals surface area contributed by atoms with Crippen molar-refractivity contribution in [3.63, 3.8) is 0 Å². The first-order valence-electron chi connectivity index (χ1n) is 8.34. The number of amidine groups is 1. The van der Waals surface area contributed by atoms with E-state index in [2.05, 4.69) is 27.0 Å². The lowest BCUT2D eigenvalue weighted by molar-refractivity contribution is 0.0968. The minimum Gasteiger partial charge on any atom is -0.441 e. The number of rotatable bonds is 4. The predicted molar refractivity (Wildman–Crippen MR) is 108 cm³/mol. The van der Waals surface area contributed by atoms with Crippen molar-refractivity contribution in [3.8, 4) is 0 Å². The molecule has 3 rings (SSSR count). The molecule has 29 heavy (non-hydrogen) atoms. The Bertz CT molecular complexity index is 1160. The minimum absolute atomic E-state index is 0.0894. The normalized spacial score (nSPS) is 12.3. The molecule has 0 atom stereocenters. The number of nitrogens with zero attached hydrogens (tertiary/aromatic N) is 3. The molecule has 2 aromatic carbocycles. The third kappa shape index (κ3) is 4.38. The Hall–Kier alpha value is -3.39. The number of fused-ring (bicyclic) bond motifs is 1. The van der Waals surface area contributed by atoms with Gasteiger partial charge in [0.15, 0.2) is 11.5 Å². The molecule has 0 radical (unpaired) electrons. The van der Waals surface area contributed by atoms with Crippen LogP contribution >= 0.6 is 11.6 Å². The molecule has 0 aliphatic rings. The number of nitrogens with one attached hydrogen (secondary N) is 1. The second-order valence-corrected chi connectivity index (χ2v) is 6.38. The molecule has 1 N–H and O–H groups in total. The Balaban J connectivity index is 1.87. The number of carbonyl (C=O) groups is 1. The zero-order valence-electron chi connectivity index (χ0n) is 15.5. The van der Waals surface area contributed by atoms with Gasteiger partial charge >= 0.3 is 0 Å². The van der Waals surface area contributed by atoms with Gasteiger partial charge in [-0.15, -0.1) is 0 Å². The van der Waals surface area contributed by atoms with Gasteiger partial charge in [0.1, 0.15) is 28.6 Å². The first-order valence-corrected chi connectivity index (χ1v) is 8.71. The van der Waals surface area contributed by atoms with Crippen molar-refractivity contribution in [3.05, 3.63) is 70.2 Å². The summed E-state index contributed by atoms with van der Waals surface area (Å²) in [4.78, 5) is 24.3. The lowest BCUT2D eigenvalue weighted by Gasteiger charge is -2.07. The van der Waals surface area contributed by atoms with Gasteiger partial charge in [0.2, 0.25) is 0 Å². The van der Waals surface area contributed by atoms with Crippen molar-refractivity contribution in [2.75, 3.05) is 0 Å². The zero-order valence-corrected chi connectivity index (χ0v) is 16.2. The lowest BCUT2D eigenvalue weighted by atomic mass is 10.1. The molecule has 3 aromatic rings. The van der Waals surface area contributed by atoms with Gasteiger partial charge in [0.25, 0.3) is 5.91 Å². The molecule has 6 nitrogen and oxygen atoms in total. The molecular weight excluding hydrogens is 402 g/mol. The maximum atomic E-state index is 13.7. The maximum Gasteiger partial charge on any atom is 0.262 e. The third-order valence-corrected chi connectivity index (χ3v) is 4.21. The summed E-state index contributed by atoms with van der Waals surface area (Å²) in [6, 6.07) is 6.43. The molecule has 0 aliphatic heterocycles. The van der Waals surface area contributed by atoms with E-state index in [0.717, 1.165) is 12.1 Å². The smallest absolute Gasteiger partial charge is 0.262 e. The molecule has 1 heterocycles. The topological polar surface area (TPSA) is 79.9 Å². The molecule has 0 fully saturated rings. The van der Waals surface area contributed by atoms with Crippen LogP contribution in [0.5, 0.6) is 0 Å². The van der Waals surface area contributed by atoms with E-state index in [4.69, 9.17) is 16.0 Å².